The molecule has 0 saturated carbocycles. The minimum Gasteiger partial charge on any atom is -0.497 e. The highest BCUT2D eigenvalue weighted by molar-refractivity contribution is 5.81. The molecule has 0 N–H and O–H groups in total. The van der Waals surface area contributed by atoms with Crippen molar-refractivity contribution in [2.75, 3.05) is 35.0 Å². The summed E-state index contributed by atoms with van der Waals surface area (Å²) in [5, 5.41) is 0. The molecule has 0 aromatic heterocycles. The zero-order chi connectivity index (χ0) is 21.7. The second-order valence-corrected chi connectivity index (χ2v) is 7.06. The summed E-state index contributed by atoms with van der Waals surface area (Å²) in [5.74, 6) is 1.52. The van der Waals surface area contributed by atoms with Crippen LogP contribution in [0.3, 0.4) is 0 Å². The van der Waals surface area contributed by atoms with E-state index in [4.69, 9.17) is 18.9 Å². The van der Waals surface area contributed by atoms with Crippen LogP contribution in [0.4, 0.5) is 0 Å². The van der Waals surface area contributed by atoms with Gasteiger partial charge in [-0.15, -0.1) is 0 Å². The first-order valence-electron chi connectivity index (χ1n) is 9.74. The first-order chi connectivity index (χ1) is 14.5. The van der Waals surface area contributed by atoms with Gasteiger partial charge in [0.15, 0.2) is 11.5 Å². The minimum absolute atomic E-state index is 0.0468. The van der Waals surface area contributed by atoms with E-state index < -0.39 is 6.04 Å². The van der Waals surface area contributed by atoms with Gasteiger partial charge in [0.25, 0.3) is 0 Å². The second-order valence-electron chi connectivity index (χ2n) is 7.06. The van der Waals surface area contributed by atoms with Crippen molar-refractivity contribution in [2.24, 2.45) is 0 Å². The summed E-state index contributed by atoms with van der Waals surface area (Å²) in [6.07, 6.45) is 0.985. The third-order valence-corrected chi connectivity index (χ3v) is 5.43. The van der Waals surface area contributed by atoms with Gasteiger partial charge in [0.2, 0.25) is 5.91 Å². The van der Waals surface area contributed by atoms with E-state index in [1.807, 2.05) is 36.4 Å². The van der Waals surface area contributed by atoms with Crippen LogP contribution < -0.4 is 14.2 Å². The lowest BCUT2D eigenvalue weighted by Crippen LogP contribution is -2.42. The molecule has 0 unspecified atom stereocenters. The molecule has 0 fully saturated rings. The highest BCUT2D eigenvalue weighted by Gasteiger charge is 2.33. The van der Waals surface area contributed by atoms with Gasteiger partial charge in [0.1, 0.15) is 5.75 Å². The van der Waals surface area contributed by atoms with Crippen LogP contribution in [0.2, 0.25) is 0 Å². The van der Waals surface area contributed by atoms with E-state index in [-0.39, 0.29) is 24.7 Å². The lowest BCUT2D eigenvalue weighted by Gasteiger charge is -2.37. The van der Waals surface area contributed by atoms with Crippen LogP contribution in [-0.2, 0) is 27.2 Å². The molecule has 1 aliphatic rings. The van der Waals surface area contributed by atoms with Crippen molar-refractivity contribution in [2.45, 2.75) is 25.3 Å². The molecule has 0 saturated heterocycles. The third kappa shape index (κ3) is 4.50. The van der Waals surface area contributed by atoms with Gasteiger partial charge >= 0.3 is 5.97 Å². The van der Waals surface area contributed by atoms with Crippen molar-refractivity contribution >= 4 is 11.9 Å². The molecule has 30 heavy (non-hydrogen) atoms. The van der Waals surface area contributed by atoms with Crippen LogP contribution in [0.25, 0.3) is 0 Å². The molecular formula is C23H27NO6. The second kappa shape index (κ2) is 9.52. The number of fused-ring (bicyclic) bond motifs is 1. The number of hydrogen-bond acceptors (Lipinski definition) is 6. The summed E-state index contributed by atoms with van der Waals surface area (Å²) in [4.78, 5) is 27.1. The number of ether oxygens (including phenoxy) is 4. The lowest BCUT2D eigenvalue weighted by molar-refractivity contribution is -0.144. The number of amides is 1. The Morgan fingerprint density at radius 1 is 0.967 bits per heavy atom. The molecule has 0 bridgehead atoms. The number of hydrogen-bond donors (Lipinski definition) is 0. The maximum Gasteiger partial charge on any atom is 0.307 e. The average molecular weight is 413 g/mol. The lowest BCUT2D eigenvalue weighted by atomic mass is 9.89. The van der Waals surface area contributed by atoms with Crippen LogP contribution in [-0.4, -0.2) is 51.8 Å². The van der Waals surface area contributed by atoms with E-state index in [9.17, 15) is 9.59 Å². The molecule has 160 valence electrons. The van der Waals surface area contributed by atoms with E-state index in [2.05, 4.69) is 0 Å². The number of benzene rings is 2. The molecule has 1 atom stereocenters. The monoisotopic (exact) mass is 413 g/mol. The minimum atomic E-state index is -0.424. The maximum atomic E-state index is 13.2. The normalized spacial score (nSPS) is 15.2. The summed E-state index contributed by atoms with van der Waals surface area (Å²) < 4.78 is 20.9. The van der Waals surface area contributed by atoms with E-state index in [1.54, 1.807) is 26.2 Å². The fourth-order valence-electron chi connectivity index (χ4n) is 3.81. The van der Waals surface area contributed by atoms with Crippen LogP contribution in [0, 0.1) is 0 Å². The SMILES string of the molecule is COC(=O)C[C@H]1c2cc(OC)c(OC)cc2CCN1C(=O)Cc1ccc(OC)cc1. The van der Waals surface area contributed by atoms with Gasteiger partial charge in [0, 0.05) is 6.54 Å². The maximum absolute atomic E-state index is 13.2. The van der Waals surface area contributed by atoms with Gasteiger partial charge in [-0.2, -0.15) is 0 Å². The van der Waals surface area contributed by atoms with Crippen LogP contribution in [0.5, 0.6) is 17.2 Å². The predicted octanol–water partition coefficient (Wildman–Crippen LogP) is 2.94. The molecule has 3 rings (SSSR count). The molecule has 2 aromatic rings. The molecule has 0 spiro atoms. The molecular weight excluding hydrogens is 386 g/mol. The number of rotatable bonds is 7. The van der Waals surface area contributed by atoms with Gasteiger partial charge < -0.3 is 23.8 Å². The Morgan fingerprint density at radius 3 is 2.23 bits per heavy atom. The van der Waals surface area contributed by atoms with Crippen molar-refractivity contribution in [1.29, 1.82) is 0 Å². The fourth-order valence-corrected chi connectivity index (χ4v) is 3.81. The zero-order valence-corrected chi connectivity index (χ0v) is 17.8. The number of carbonyl (C=O) groups is 2. The summed E-state index contributed by atoms with van der Waals surface area (Å²) >= 11 is 0. The van der Waals surface area contributed by atoms with E-state index >= 15 is 0 Å². The molecule has 0 aliphatic carbocycles. The molecule has 0 radical (unpaired) electrons. The molecule has 2 aromatic carbocycles. The molecule has 1 heterocycles. The van der Waals surface area contributed by atoms with E-state index in [0.29, 0.717) is 24.5 Å². The number of methoxy groups -OCH3 is 4. The quantitative estimate of drug-likeness (QED) is 0.650. The number of carbonyl (C=O) groups excluding carboxylic acids is 2. The van der Waals surface area contributed by atoms with E-state index in [0.717, 1.165) is 22.4 Å². The standard InChI is InChI=1S/C23H27NO6/c1-27-17-7-5-15(6-8-17)11-22(25)24-10-9-16-12-20(28-2)21(29-3)13-18(16)19(24)14-23(26)30-4/h5-8,12-13,19H,9-11,14H2,1-4H3/t19-/m0/s1. The first-order valence-corrected chi connectivity index (χ1v) is 9.74. The Kier molecular flexibility index (Phi) is 6.82. The average Bonchev–Trinajstić information content (AvgIpc) is 2.78. The van der Waals surface area contributed by atoms with Gasteiger partial charge in [-0.25, -0.2) is 0 Å². The Labute approximate surface area is 176 Å². The summed E-state index contributed by atoms with van der Waals surface area (Å²) in [6.45, 7) is 0.513. The summed E-state index contributed by atoms with van der Waals surface area (Å²) in [7, 11) is 6.11. The van der Waals surface area contributed by atoms with Gasteiger partial charge in [-0.3, -0.25) is 9.59 Å². The van der Waals surface area contributed by atoms with Crippen molar-refractivity contribution in [3.63, 3.8) is 0 Å². The summed E-state index contributed by atoms with van der Waals surface area (Å²) in [6, 6.07) is 10.8. The van der Waals surface area contributed by atoms with Crippen LogP contribution in [0.1, 0.15) is 29.2 Å². The van der Waals surface area contributed by atoms with Crippen molar-refractivity contribution in [3.05, 3.63) is 53.1 Å². The third-order valence-electron chi connectivity index (χ3n) is 5.43. The fraction of sp³-hybridized carbons (Fsp3) is 0.391. The molecule has 7 heteroatoms. The first kappa shape index (κ1) is 21.5. The Balaban J connectivity index is 1.91. The highest BCUT2D eigenvalue weighted by atomic mass is 16.5. The molecule has 7 nitrogen and oxygen atoms in total. The smallest absolute Gasteiger partial charge is 0.307 e. The van der Waals surface area contributed by atoms with Crippen molar-refractivity contribution in [1.82, 2.24) is 4.90 Å². The predicted molar refractivity (Wildman–Crippen MR) is 111 cm³/mol. The topological polar surface area (TPSA) is 74.3 Å². The highest BCUT2D eigenvalue weighted by Crippen LogP contribution is 2.39. The van der Waals surface area contributed by atoms with Crippen LogP contribution >= 0.6 is 0 Å². The molecule has 1 amide bonds. The van der Waals surface area contributed by atoms with Gasteiger partial charge in [0.05, 0.1) is 47.3 Å². The Bertz CT molecular complexity index is 909. The van der Waals surface area contributed by atoms with E-state index in [1.165, 1.54) is 7.11 Å². The number of esters is 1. The van der Waals surface area contributed by atoms with Crippen molar-refractivity contribution in [3.8, 4) is 17.2 Å². The summed E-state index contributed by atoms with van der Waals surface area (Å²) in [5.41, 5.74) is 2.80. The van der Waals surface area contributed by atoms with Gasteiger partial charge in [-0.05, 0) is 47.4 Å². The van der Waals surface area contributed by atoms with Crippen LogP contribution in [0.15, 0.2) is 36.4 Å². The zero-order valence-electron chi connectivity index (χ0n) is 17.8. The number of nitrogens with zero attached hydrogens (tertiary/aromatic N) is 1. The van der Waals surface area contributed by atoms with Gasteiger partial charge in [-0.1, -0.05) is 12.1 Å². The Hall–Kier alpha value is -3.22. The Morgan fingerprint density at radius 2 is 1.63 bits per heavy atom. The largest absolute Gasteiger partial charge is 0.497 e. The van der Waals surface area contributed by atoms with Crippen molar-refractivity contribution < 1.29 is 28.5 Å². The molecule has 1 aliphatic heterocycles.